The van der Waals surface area contributed by atoms with Crippen molar-refractivity contribution in [3.63, 3.8) is 0 Å². The van der Waals surface area contributed by atoms with Gasteiger partial charge in [-0.05, 0) is 36.1 Å². The molecule has 2 fully saturated rings. The molecule has 27 heavy (non-hydrogen) atoms. The van der Waals surface area contributed by atoms with Crippen LogP contribution in [0.4, 0.5) is 0 Å². The number of benzene rings is 2. The molecule has 2 atom stereocenters. The van der Waals surface area contributed by atoms with E-state index in [4.69, 9.17) is 18.3 Å². The highest BCUT2D eigenvalue weighted by atomic mass is 28.4. The van der Waals surface area contributed by atoms with E-state index in [1.807, 2.05) is 12.1 Å². The Bertz CT molecular complexity index is 620. The van der Waals surface area contributed by atoms with Gasteiger partial charge in [0.2, 0.25) is 0 Å². The van der Waals surface area contributed by atoms with Crippen LogP contribution in [0.15, 0.2) is 60.7 Å². The lowest BCUT2D eigenvalue weighted by atomic mass is 10.2. The lowest BCUT2D eigenvalue weighted by Gasteiger charge is -2.33. The summed E-state index contributed by atoms with van der Waals surface area (Å²) >= 11 is 0. The van der Waals surface area contributed by atoms with Crippen LogP contribution in [0, 0.1) is 0 Å². The molecule has 2 aromatic carbocycles. The van der Waals surface area contributed by atoms with Crippen molar-refractivity contribution < 1.29 is 18.3 Å². The second kappa shape index (κ2) is 9.13. The minimum Gasteiger partial charge on any atom is -0.385 e. The summed E-state index contributed by atoms with van der Waals surface area (Å²) < 4.78 is 25.0. The van der Waals surface area contributed by atoms with Crippen LogP contribution in [0.5, 0.6) is 0 Å². The molecular formula is C22H28O4Si. The monoisotopic (exact) mass is 384 g/mol. The predicted molar refractivity (Wildman–Crippen MR) is 108 cm³/mol. The molecule has 2 saturated heterocycles. The van der Waals surface area contributed by atoms with Crippen molar-refractivity contribution >= 4 is 18.9 Å². The molecule has 0 radical (unpaired) electrons. The van der Waals surface area contributed by atoms with Gasteiger partial charge in [0.25, 0.3) is 0 Å². The van der Waals surface area contributed by atoms with Crippen LogP contribution in [0.1, 0.15) is 25.7 Å². The van der Waals surface area contributed by atoms with Crippen LogP contribution >= 0.6 is 0 Å². The molecule has 2 heterocycles. The maximum absolute atomic E-state index is 6.68. The van der Waals surface area contributed by atoms with Gasteiger partial charge in [0, 0.05) is 13.2 Å². The van der Waals surface area contributed by atoms with Gasteiger partial charge < -0.3 is 18.3 Å². The highest BCUT2D eigenvalue weighted by molar-refractivity contribution is 6.92. The summed E-state index contributed by atoms with van der Waals surface area (Å²) in [6, 6.07) is 20.8. The molecule has 144 valence electrons. The van der Waals surface area contributed by atoms with Gasteiger partial charge in [0.15, 0.2) is 0 Å². The first-order valence-corrected chi connectivity index (χ1v) is 11.8. The van der Waals surface area contributed by atoms with E-state index in [1.54, 1.807) is 0 Å². The van der Waals surface area contributed by atoms with Crippen LogP contribution in [-0.4, -0.2) is 47.2 Å². The summed E-state index contributed by atoms with van der Waals surface area (Å²) in [4.78, 5) is 0. The number of hydrogen-bond acceptors (Lipinski definition) is 4. The number of hydrogen-bond donors (Lipinski definition) is 0. The molecule has 2 aromatic rings. The first-order valence-electron chi connectivity index (χ1n) is 9.99. The Morgan fingerprint density at radius 3 is 1.52 bits per heavy atom. The van der Waals surface area contributed by atoms with Gasteiger partial charge in [-0.3, -0.25) is 0 Å². The average molecular weight is 385 g/mol. The summed E-state index contributed by atoms with van der Waals surface area (Å²) in [6.07, 6.45) is 4.65. The Balaban J connectivity index is 1.65. The van der Waals surface area contributed by atoms with E-state index < -0.39 is 8.56 Å². The molecule has 2 aliphatic rings. The summed E-state index contributed by atoms with van der Waals surface area (Å²) in [7, 11) is -2.84. The van der Waals surface area contributed by atoms with Gasteiger partial charge in [0.05, 0.1) is 25.4 Å². The zero-order valence-corrected chi connectivity index (χ0v) is 16.7. The maximum Gasteiger partial charge on any atom is 0.407 e. The topological polar surface area (TPSA) is 36.9 Å². The largest absolute Gasteiger partial charge is 0.407 e. The third kappa shape index (κ3) is 4.50. The highest BCUT2D eigenvalue weighted by Gasteiger charge is 2.44. The minimum absolute atomic E-state index is 0.163. The van der Waals surface area contributed by atoms with Crippen LogP contribution in [0.2, 0.25) is 0 Å². The summed E-state index contributed by atoms with van der Waals surface area (Å²) in [5.41, 5.74) is 0. The van der Waals surface area contributed by atoms with Crippen LogP contribution < -0.4 is 10.4 Å². The maximum atomic E-state index is 6.68. The Morgan fingerprint density at radius 1 is 0.704 bits per heavy atom. The molecule has 0 bridgehead atoms. The second-order valence-electron chi connectivity index (χ2n) is 7.24. The quantitative estimate of drug-likeness (QED) is 0.656. The van der Waals surface area contributed by atoms with E-state index in [2.05, 4.69) is 48.5 Å². The Kier molecular flexibility index (Phi) is 6.37. The van der Waals surface area contributed by atoms with Gasteiger partial charge in [0.1, 0.15) is 0 Å². The average Bonchev–Trinajstić information content (AvgIpc) is 3.44. The molecule has 0 N–H and O–H groups in total. The fourth-order valence-corrected chi connectivity index (χ4v) is 7.02. The molecule has 5 heteroatoms. The Labute approximate surface area is 162 Å². The molecular weight excluding hydrogens is 356 g/mol. The first kappa shape index (κ1) is 18.8. The fourth-order valence-electron chi connectivity index (χ4n) is 3.83. The molecule has 0 amide bonds. The SMILES string of the molecule is c1ccc([Si](OCC2CCCO2)(OCC2CCCO2)c2ccccc2)cc1. The van der Waals surface area contributed by atoms with Gasteiger partial charge in [-0.1, -0.05) is 60.7 Å². The normalized spacial score (nSPS) is 23.0. The van der Waals surface area contributed by atoms with E-state index in [-0.39, 0.29) is 12.2 Å². The molecule has 2 unspecified atom stereocenters. The molecule has 2 aliphatic heterocycles. The van der Waals surface area contributed by atoms with E-state index >= 15 is 0 Å². The minimum atomic E-state index is -2.84. The van der Waals surface area contributed by atoms with Crippen molar-refractivity contribution in [1.82, 2.24) is 0 Å². The lowest BCUT2D eigenvalue weighted by Crippen LogP contribution is -2.64. The van der Waals surface area contributed by atoms with Gasteiger partial charge in [-0.2, -0.15) is 0 Å². The lowest BCUT2D eigenvalue weighted by molar-refractivity contribution is 0.0333. The van der Waals surface area contributed by atoms with E-state index in [9.17, 15) is 0 Å². The predicted octanol–water partition coefficient (Wildman–Crippen LogP) is 2.63. The number of ether oxygens (including phenoxy) is 2. The summed E-state index contributed by atoms with van der Waals surface area (Å²) in [5, 5.41) is 2.26. The molecule has 4 nitrogen and oxygen atoms in total. The van der Waals surface area contributed by atoms with Crippen molar-refractivity contribution in [2.45, 2.75) is 37.9 Å². The smallest absolute Gasteiger partial charge is 0.385 e. The fraction of sp³-hybridized carbons (Fsp3) is 0.455. The Morgan fingerprint density at radius 2 is 1.15 bits per heavy atom. The van der Waals surface area contributed by atoms with Gasteiger partial charge >= 0.3 is 8.56 Å². The molecule has 0 aromatic heterocycles. The van der Waals surface area contributed by atoms with E-state index in [0.29, 0.717) is 13.2 Å². The molecule has 4 rings (SSSR count). The highest BCUT2D eigenvalue weighted by Crippen LogP contribution is 2.19. The van der Waals surface area contributed by atoms with Gasteiger partial charge in [-0.15, -0.1) is 0 Å². The van der Waals surface area contributed by atoms with Crippen molar-refractivity contribution in [2.75, 3.05) is 26.4 Å². The van der Waals surface area contributed by atoms with E-state index in [0.717, 1.165) is 49.3 Å². The van der Waals surface area contributed by atoms with Crippen molar-refractivity contribution in [2.24, 2.45) is 0 Å². The van der Waals surface area contributed by atoms with Gasteiger partial charge in [-0.25, -0.2) is 0 Å². The van der Waals surface area contributed by atoms with Crippen molar-refractivity contribution in [1.29, 1.82) is 0 Å². The molecule has 0 spiro atoms. The van der Waals surface area contributed by atoms with Crippen molar-refractivity contribution in [3.05, 3.63) is 60.7 Å². The second-order valence-corrected chi connectivity index (χ2v) is 10.2. The number of rotatable bonds is 8. The van der Waals surface area contributed by atoms with Crippen LogP contribution in [0.3, 0.4) is 0 Å². The van der Waals surface area contributed by atoms with Crippen molar-refractivity contribution in [3.8, 4) is 0 Å². The first-order chi connectivity index (χ1) is 13.4. The zero-order valence-electron chi connectivity index (χ0n) is 15.7. The third-order valence-corrected chi connectivity index (χ3v) is 8.63. The summed E-state index contributed by atoms with van der Waals surface area (Å²) in [6.45, 7) is 2.80. The zero-order chi connectivity index (χ0) is 18.4. The molecule has 0 saturated carbocycles. The van der Waals surface area contributed by atoms with E-state index in [1.165, 1.54) is 0 Å². The Hall–Kier alpha value is -1.50. The third-order valence-electron chi connectivity index (χ3n) is 5.30. The van der Waals surface area contributed by atoms with Crippen LogP contribution in [0.25, 0.3) is 0 Å². The standard InChI is InChI=1S/C22H28O4Si/c1-3-11-21(12-4-1)27(22-13-5-2-6-14-22,25-17-19-9-7-15-23-19)26-18-20-10-8-16-24-20/h1-6,11-14,19-20H,7-10,15-18H2. The van der Waals surface area contributed by atoms with Crippen LogP contribution in [-0.2, 0) is 18.3 Å². The molecule has 0 aliphatic carbocycles. The summed E-state index contributed by atoms with van der Waals surface area (Å²) in [5.74, 6) is 0.